The summed E-state index contributed by atoms with van der Waals surface area (Å²) in [5, 5.41) is 21.6. The molecule has 1 fully saturated rings. The molecular weight excluding hydrogens is 673 g/mol. The number of ether oxygens (including phenoxy) is 2. The Morgan fingerprint density at radius 3 is 2.69 bits per heavy atom. The lowest BCUT2D eigenvalue weighted by Crippen LogP contribution is -2.42. The van der Waals surface area contributed by atoms with Crippen LogP contribution in [0.2, 0.25) is 5.02 Å². The normalized spacial score (nSPS) is 14.3. The number of aromatic carboxylic acids is 1. The molecule has 1 N–H and O–H groups in total. The van der Waals surface area contributed by atoms with Gasteiger partial charge in [0.25, 0.3) is 5.56 Å². The van der Waals surface area contributed by atoms with Crippen LogP contribution in [-0.2, 0) is 6.54 Å². The number of carboxylic acid groups (broad SMARTS) is 1. The zero-order valence-corrected chi connectivity index (χ0v) is 26.8. The molecule has 4 aromatic heterocycles. The number of rotatable bonds is 9. The van der Waals surface area contributed by atoms with Gasteiger partial charge in [-0.25, -0.2) is 14.8 Å². The Balaban J connectivity index is 1.24. The van der Waals surface area contributed by atoms with E-state index in [1.54, 1.807) is 31.2 Å². The number of halogens is 4. The van der Waals surface area contributed by atoms with Crippen LogP contribution >= 0.6 is 22.9 Å². The monoisotopic (exact) mass is 698 g/mol. The van der Waals surface area contributed by atoms with E-state index >= 15 is 0 Å². The molecule has 48 heavy (non-hydrogen) atoms. The molecule has 16 heteroatoms. The fourth-order valence-electron chi connectivity index (χ4n) is 5.74. The van der Waals surface area contributed by atoms with Crippen LogP contribution in [0.1, 0.15) is 34.6 Å². The molecule has 0 amide bonds. The van der Waals surface area contributed by atoms with E-state index in [1.165, 1.54) is 38.6 Å². The van der Waals surface area contributed by atoms with Crippen LogP contribution in [0, 0.1) is 18.3 Å². The minimum Gasteiger partial charge on any atom is -0.491 e. The van der Waals surface area contributed by atoms with Crippen LogP contribution in [0.4, 0.5) is 13.2 Å². The minimum atomic E-state index is -4.29. The van der Waals surface area contributed by atoms with Crippen molar-refractivity contribution in [3.63, 3.8) is 0 Å². The van der Waals surface area contributed by atoms with E-state index in [2.05, 4.69) is 15.0 Å². The van der Waals surface area contributed by atoms with Gasteiger partial charge >= 0.3 is 12.1 Å². The molecule has 1 aliphatic rings. The number of carbonyl (C=O) groups is 1. The molecule has 5 heterocycles. The van der Waals surface area contributed by atoms with Crippen molar-refractivity contribution >= 4 is 50.0 Å². The van der Waals surface area contributed by atoms with Crippen molar-refractivity contribution in [3.8, 4) is 28.8 Å². The summed E-state index contributed by atoms with van der Waals surface area (Å²) < 4.78 is 52.5. The molecule has 0 bridgehead atoms. The summed E-state index contributed by atoms with van der Waals surface area (Å²) in [6.45, 7) is 1.07. The second-order valence-electron chi connectivity index (χ2n) is 11.1. The van der Waals surface area contributed by atoms with E-state index in [1.807, 2.05) is 6.07 Å². The number of hydrogen-bond acceptors (Lipinski definition) is 10. The summed E-state index contributed by atoms with van der Waals surface area (Å²) in [5.41, 5.74) is 1.33. The van der Waals surface area contributed by atoms with Crippen molar-refractivity contribution in [2.24, 2.45) is 0 Å². The number of aromatic nitrogens is 4. The number of pyridine rings is 2. The van der Waals surface area contributed by atoms with Crippen molar-refractivity contribution < 1.29 is 32.5 Å². The Kier molecular flexibility index (Phi) is 9.24. The highest BCUT2D eigenvalue weighted by atomic mass is 35.5. The van der Waals surface area contributed by atoms with Gasteiger partial charge in [0.15, 0.2) is 0 Å². The lowest BCUT2D eigenvalue weighted by molar-refractivity contribution is -0.149. The minimum absolute atomic E-state index is 0.0147. The predicted molar refractivity (Wildman–Crippen MR) is 172 cm³/mol. The van der Waals surface area contributed by atoms with Gasteiger partial charge in [0.2, 0.25) is 5.88 Å². The number of benzene rings is 1. The lowest BCUT2D eigenvalue weighted by Gasteiger charge is -2.32. The maximum absolute atomic E-state index is 13.8. The summed E-state index contributed by atoms with van der Waals surface area (Å²) >= 11 is 7.57. The fourth-order valence-corrected chi connectivity index (χ4v) is 6.94. The molecule has 0 radical (unpaired) electrons. The van der Waals surface area contributed by atoms with Gasteiger partial charge in [-0.2, -0.15) is 18.4 Å². The van der Waals surface area contributed by atoms with Crippen molar-refractivity contribution in [1.29, 1.82) is 5.26 Å². The highest BCUT2D eigenvalue weighted by Crippen LogP contribution is 2.39. The second kappa shape index (κ2) is 13.4. The van der Waals surface area contributed by atoms with Gasteiger partial charge in [-0.05, 0) is 44.0 Å². The topological polar surface area (TPSA) is 143 Å². The van der Waals surface area contributed by atoms with E-state index in [0.717, 1.165) is 0 Å². The Hall–Kier alpha value is -4.78. The Bertz CT molecular complexity index is 2140. The third-order valence-corrected chi connectivity index (χ3v) is 9.21. The number of aryl methyl sites for hydroxylation is 1. The third-order valence-electron chi connectivity index (χ3n) is 7.97. The molecule has 11 nitrogen and oxygen atoms in total. The van der Waals surface area contributed by atoms with Gasteiger partial charge in [-0.3, -0.25) is 19.2 Å². The number of hydrogen-bond donors (Lipinski definition) is 1. The van der Waals surface area contributed by atoms with Crippen LogP contribution in [0.5, 0.6) is 11.6 Å². The summed E-state index contributed by atoms with van der Waals surface area (Å²) in [5.74, 6) is -0.355. The molecule has 0 aliphatic carbocycles. The van der Waals surface area contributed by atoms with Crippen LogP contribution in [0.15, 0.2) is 46.8 Å². The zero-order valence-electron chi connectivity index (χ0n) is 25.3. The first-order valence-electron chi connectivity index (χ1n) is 14.7. The molecule has 6 rings (SSSR count). The molecule has 1 aromatic carbocycles. The van der Waals surface area contributed by atoms with E-state index < -0.39 is 30.4 Å². The van der Waals surface area contributed by atoms with Gasteiger partial charge in [-0.15, -0.1) is 11.3 Å². The quantitative estimate of drug-likeness (QED) is 0.192. The Labute approximate surface area is 279 Å². The molecule has 5 aromatic rings. The standard InChI is InChI=1S/C32H26ClF3N6O5S/c1-17-40-24-14-39-29(47-19-5-8-41(9-6-19)16-32(34,35)36)22(13-37)26(24)30(43)42(17)10-11-46-25-3-2-18(33)12-21(25)20-4-7-38-27-23(31(44)45)15-48-28(20)27/h2-4,7,12,14-15,19H,5-6,8-11,16H2,1H3,(H,44,45). The largest absolute Gasteiger partial charge is 0.491 e. The van der Waals surface area contributed by atoms with E-state index in [0.29, 0.717) is 50.8 Å². The highest BCUT2D eigenvalue weighted by Gasteiger charge is 2.33. The zero-order chi connectivity index (χ0) is 34.2. The summed E-state index contributed by atoms with van der Waals surface area (Å²) in [4.78, 5) is 39.7. The fraction of sp³-hybridized carbons (Fsp3) is 0.312. The molecule has 1 saturated heterocycles. The van der Waals surface area contributed by atoms with Crippen LogP contribution in [-0.4, -0.2) is 74.0 Å². The number of thiophene rings is 1. The summed E-state index contributed by atoms with van der Waals surface area (Å²) in [6, 6.07) is 8.79. The van der Waals surface area contributed by atoms with Crippen LogP contribution < -0.4 is 15.0 Å². The summed E-state index contributed by atoms with van der Waals surface area (Å²) in [7, 11) is 0. The number of nitriles is 1. The Morgan fingerprint density at radius 1 is 1.21 bits per heavy atom. The lowest BCUT2D eigenvalue weighted by atomic mass is 10.0. The maximum Gasteiger partial charge on any atom is 0.401 e. The first-order chi connectivity index (χ1) is 22.9. The van der Waals surface area contributed by atoms with Gasteiger partial charge < -0.3 is 14.6 Å². The van der Waals surface area contributed by atoms with Crippen molar-refractivity contribution in [2.75, 3.05) is 26.2 Å². The molecular formula is C32H26ClF3N6O5S. The molecule has 248 valence electrons. The van der Waals surface area contributed by atoms with Crippen LogP contribution in [0.25, 0.3) is 32.2 Å². The smallest absolute Gasteiger partial charge is 0.401 e. The molecule has 0 unspecified atom stereocenters. The number of likely N-dealkylation sites (tertiary alicyclic amines) is 1. The average Bonchev–Trinajstić information content (AvgIpc) is 3.48. The average molecular weight is 699 g/mol. The van der Waals surface area contributed by atoms with Gasteiger partial charge in [0.05, 0.1) is 46.0 Å². The Morgan fingerprint density at radius 2 is 1.98 bits per heavy atom. The van der Waals surface area contributed by atoms with E-state index in [-0.39, 0.29) is 54.2 Å². The van der Waals surface area contributed by atoms with Gasteiger partial charge in [0, 0.05) is 40.8 Å². The molecule has 0 atom stereocenters. The van der Waals surface area contributed by atoms with E-state index in [4.69, 9.17) is 21.1 Å². The number of nitrogens with zero attached hydrogens (tertiary/aromatic N) is 6. The third kappa shape index (κ3) is 6.77. The summed E-state index contributed by atoms with van der Waals surface area (Å²) in [6.07, 6.45) is -1.30. The van der Waals surface area contributed by atoms with Crippen molar-refractivity contribution in [1.82, 2.24) is 24.4 Å². The van der Waals surface area contributed by atoms with Gasteiger partial charge in [-0.1, -0.05) is 11.6 Å². The van der Waals surface area contributed by atoms with Crippen LogP contribution in [0.3, 0.4) is 0 Å². The van der Waals surface area contributed by atoms with Crippen molar-refractivity contribution in [3.05, 3.63) is 74.4 Å². The number of carboxylic acids is 1. The maximum atomic E-state index is 13.8. The number of piperidine rings is 1. The van der Waals surface area contributed by atoms with E-state index in [9.17, 15) is 33.1 Å². The number of alkyl halides is 3. The van der Waals surface area contributed by atoms with Gasteiger partial charge in [0.1, 0.15) is 35.9 Å². The second-order valence-corrected chi connectivity index (χ2v) is 12.4. The SMILES string of the molecule is Cc1nc2cnc(OC3CCN(CC(F)(F)F)CC3)c(C#N)c2c(=O)n1CCOc1ccc(Cl)cc1-c1ccnc2c(C(=O)O)csc12. The first kappa shape index (κ1) is 33.1. The predicted octanol–water partition coefficient (Wildman–Crippen LogP) is 6.08. The number of fused-ring (bicyclic) bond motifs is 2. The highest BCUT2D eigenvalue weighted by molar-refractivity contribution is 7.18. The molecule has 1 aliphatic heterocycles. The molecule has 0 spiro atoms. The first-order valence-corrected chi connectivity index (χ1v) is 16.0. The van der Waals surface area contributed by atoms with Crippen molar-refractivity contribution in [2.45, 2.75) is 38.6 Å². The molecule has 0 saturated carbocycles.